The van der Waals surface area contributed by atoms with Gasteiger partial charge >= 0.3 is 0 Å². The quantitative estimate of drug-likeness (QED) is 0.321. The predicted octanol–water partition coefficient (Wildman–Crippen LogP) is 4.50. The van der Waals surface area contributed by atoms with Crippen LogP contribution < -0.4 is 0 Å². The molecule has 16 heavy (non-hydrogen) atoms. The number of halogens is 2. The molecule has 0 atom stereocenters. The first kappa shape index (κ1) is 12.6. The molecule has 0 unspecified atom stereocenters. The SMILES string of the molecule is Cc1cc(Cl)c(C=CCCN=[N+]=[N-])cc1F. The van der Waals surface area contributed by atoms with E-state index < -0.39 is 0 Å². The van der Waals surface area contributed by atoms with E-state index in [1.165, 1.54) is 6.07 Å². The van der Waals surface area contributed by atoms with E-state index in [0.717, 1.165) is 0 Å². The molecule has 0 saturated carbocycles. The van der Waals surface area contributed by atoms with Gasteiger partial charge < -0.3 is 0 Å². The molecule has 1 rings (SSSR count). The normalized spacial score (nSPS) is 10.4. The summed E-state index contributed by atoms with van der Waals surface area (Å²) in [5.74, 6) is -0.279. The molecule has 0 N–H and O–H groups in total. The molecule has 3 nitrogen and oxygen atoms in total. The number of nitrogens with zero attached hydrogens (tertiary/aromatic N) is 3. The van der Waals surface area contributed by atoms with Gasteiger partial charge in [0.1, 0.15) is 5.82 Å². The van der Waals surface area contributed by atoms with Crippen LogP contribution in [0.3, 0.4) is 0 Å². The molecule has 5 heteroatoms. The van der Waals surface area contributed by atoms with Crippen molar-refractivity contribution in [1.82, 2.24) is 0 Å². The highest BCUT2D eigenvalue weighted by Gasteiger charge is 2.02. The van der Waals surface area contributed by atoms with Gasteiger partial charge in [-0.15, -0.1) is 0 Å². The van der Waals surface area contributed by atoms with Gasteiger partial charge in [-0.05, 0) is 42.1 Å². The molecule has 0 aliphatic carbocycles. The summed E-state index contributed by atoms with van der Waals surface area (Å²) in [6.07, 6.45) is 4.12. The lowest BCUT2D eigenvalue weighted by molar-refractivity contribution is 0.618. The summed E-state index contributed by atoms with van der Waals surface area (Å²) < 4.78 is 13.2. The smallest absolute Gasteiger partial charge is 0.126 e. The van der Waals surface area contributed by atoms with Crippen molar-refractivity contribution >= 4 is 17.7 Å². The van der Waals surface area contributed by atoms with Crippen LogP contribution in [-0.2, 0) is 0 Å². The number of hydrogen-bond donors (Lipinski definition) is 0. The lowest BCUT2D eigenvalue weighted by Gasteiger charge is -2.01. The average Bonchev–Trinajstić information content (AvgIpc) is 2.25. The highest BCUT2D eigenvalue weighted by molar-refractivity contribution is 6.32. The lowest BCUT2D eigenvalue weighted by Crippen LogP contribution is -1.85. The summed E-state index contributed by atoms with van der Waals surface area (Å²) in [5, 5.41) is 3.89. The van der Waals surface area contributed by atoms with Crippen molar-refractivity contribution in [2.75, 3.05) is 6.54 Å². The number of aryl methyl sites for hydroxylation is 1. The summed E-state index contributed by atoms with van der Waals surface area (Å²) in [6, 6.07) is 2.98. The second kappa shape index (κ2) is 6.16. The Balaban J connectivity index is 2.73. The van der Waals surface area contributed by atoms with Gasteiger partial charge in [-0.25, -0.2) is 4.39 Å². The standard InChI is InChI=1S/C11H11ClFN3/c1-8-6-10(12)9(7-11(8)13)4-2-3-5-15-16-14/h2,4,6-7H,3,5H2,1H3. The topological polar surface area (TPSA) is 48.8 Å². The second-order valence-electron chi connectivity index (χ2n) is 3.27. The Bertz CT molecular complexity index is 451. The van der Waals surface area contributed by atoms with Gasteiger partial charge in [0, 0.05) is 16.5 Å². The largest absolute Gasteiger partial charge is 0.207 e. The lowest BCUT2D eigenvalue weighted by atomic mass is 10.1. The third kappa shape index (κ3) is 3.57. The van der Waals surface area contributed by atoms with Crippen molar-refractivity contribution in [3.05, 3.63) is 50.6 Å². The first-order chi connectivity index (χ1) is 7.65. The van der Waals surface area contributed by atoms with Crippen LogP contribution in [0.15, 0.2) is 23.3 Å². The number of azide groups is 1. The molecule has 1 aromatic carbocycles. The zero-order valence-electron chi connectivity index (χ0n) is 8.82. The summed E-state index contributed by atoms with van der Waals surface area (Å²) in [4.78, 5) is 2.63. The molecule has 0 aromatic heterocycles. The Morgan fingerprint density at radius 3 is 3.00 bits per heavy atom. The highest BCUT2D eigenvalue weighted by atomic mass is 35.5. The van der Waals surface area contributed by atoms with Crippen LogP contribution in [0.4, 0.5) is 4.39 Å². The molecule has 0 fully saturated rings. The van der Waals surface area contributed by atoms with E-state index in [1.807, 2.05) is 0 Å². The van der Waals surface area contributed by atoms with E-state index in [0.29, 0.717) is 29.1 Å². The van der Waals surface area contributed by atoms with E-state index in [1.54, 1.807) is 25.1 Å². The molecule has 84 valence electrons. The van der Waals surface area contributed by atoms with E-state index >= 15 is 0 Å². The van der Waals surface area contributed by atoms with E-state index in [4.69, 9.17) is 17.1 Å². The van der Waals surface area contributed by atoms with E-state index in [2.05, 4.69) is 10.0 Å². The number of benzene rings is 1. The molecule has 0 radical (unpaired) electrons. The van der Waals surface area contributed by atoms with Crippen LogP contribution in [0.1, 0.15) is 17.5 Å². The maximum atomic E-state index is 13.2. The van der Waals surface area contributed by atoms with Crippen LogP contribution in [0.5, 0.6) is 0 Å². The minimum Gasteiger partial charge on any atom is -0.207 e. The van der Waals surface area contributed by atoms with Crippen LogP contribution in [0, 0.1) is 12.7 Å². The second-order valence-corrected chi connectivity index (χ2v) is 3.68. The Morgan fingerprint density at radius 2 is 2.31 bits per heavy atom. The monoisotopic (exact) mass is 239 g/mol. The Morgan fingerprint density at radius 1 is 1.56 bits per heavy atom. The fourth-order valence-corrected chi connectivity index (χ4v) is 1.46. The van der Waals surface area contributed by atoms with Crippen molar-refractivity contribution in [2.24, 2.45) is 5.11 Å². The minimum atomic E-state index is -0.279. The van der Waals surface area contributed by atoms with Gasteiger partial charge in [-0.2, -0.15) is 0 Å². The molecule has 0 saturated heterocycles. The molecule has 0 amide bonds. The van der Waals surface area contributed by atoms with Crippen LogP contribution in [0.25, 0.3) is 16.5 Å². The molecule has 0 heterocycles. The number of hydrogen-bond acceptors (Lipinski definition) is 1. The van der Waals surface area contributed by atoms with Gasteiger partial charge in [-0.3, -0.25) is 0 Å². The first-order valence-corrected chi connectivity index (χ1v) is 5.16. The van der Waals surface area contributed by atoms with Crippen molar-refractivity contribution < 1.29 is 4.39 Å². The third-order valence-electron chi connectivity index (χ3n) is 2.03. The summed E-state index contributed by atoms with van der Waals surface area (Å²) in [7, 11) is 0. The fraction of sp³-hybridized carbons (Fsp3) is 0.273. The zero-order chi connectivity index (χ0) is 12.0. The fourth-order valence-electron chi connectivity index (χ4n) is 1.18. The number of rotatable bonds is 4. The third-order valence-corrected chi connectivity index (χ3v) is 2.36. The maximum absolute atomic E-state index is 13.2. The van der Waals surface area contributed by atoms with Crippen LogP contribution in [0.2, 0.25) is 5.02 Å². The van der Waals surface area contributed by atoms with E-state index in [-0.39, 0.29) is 5.82 Å². The van der Waals surface area contributed by atoms with Gasteiger partial charge in [0.15, 0.2) is 0 Å². The Hall–Kier alpha value is -1.51. The Labute approximate surface area is 98.2 Å². The minimum absolute atomic E-state index is 0.279. The summed E-state index contributed by atoms with van der Waals surface area (Å²) in [6.45, 7) is 2.05. The van der Waals surface area contributed by atoms with Crippen molar-refractivity contribution in [2.45, 2.75) is 13.3 Å². The predicted molar refractivity (Wildman–Crippen MR) is 63.8 cm³/mol. The van der Waals surface area contributed by atoms with Crippen LogP contribution >= 0.6 is 11.6 Å². The highest BCUT2D eigenvalue weighted by Crippen LogP contribution is 2.21. The van der Waals surface area contributed by atoms with Crippen molar-refractivity contribution in [1.29, 1.82) is 0 Å². The van der Waals surface area contributed by atoms with Crippen molar-refractivity contribution in [3.8, 4) is 0 Å². The molecule has 0 aliphatic rings. The van der Waals surface area contributed by atoms with Gasteiger partial charge in [0.05, 0.1) is 0 Å². The zero-order valence-corrected chi connectivity index (χ0v) is 9.58. The van der Waals surface area contributed by atoms with Gasteiger partial charge in [0.25, 0.3) is 0 Å². The summed E-state index contributed by atoms with van der Waals surface area (Å²) in [5.41, 5.74) is 9.21. The Kier molecular flexibility index (Phi) is 4.83. The van der Waals surface area contributed by atoms with Crippen molar-refractivity contribution in [3.63, 3.8) is 0 Å². The molecule has 0 aliphatic heterocycles. The van der Waals surface area contributed by atoms with Gasteiger partial charge in [0.2, 0.25) is 0 Å². The molecule has 0 bridgehead atoms. The van der Waals surface area contributed by atoms with E-state index in [9.17, 15) is 4.39 Å². The van der Waals surface area contributed by atoms with Crippen LogP contribution in [-0.4, -0.2) is 6.54 Å². The molecule has 0 spiro atoms. The summed E-state index contributed by atoms with van der Waals surface area (Å²) >= 11 is 5.94. The molecular formula is C11H11ClFN3. The van der Waals surface area contributed by atoms with Gasteiger partial charge in [-0.1, -0.05) is 28.9 Å². The maximum Gasteiger partial charge on any atom is 0.126 e. The molecule has 1 aromatic rings. The average molecular weight is 240 g/mol. The first-order valence-electron chi connectivity index (χ1n) is 4.78. The molecular weight excluding hydrogens is 229 g/mol.